The molecule has 162 valence electrons. The predicted molar refractivity (Wildman–Crippen MR) is 113 cm³/mol. The first-order valence-corrected chi connectivity index (χ1v) is 10.7. The van der Waals surface area contributed by atoms with Crippen LogP contribution in [0.25, 0.3) is 0 Å². The molecule has 3 heterocycles. The molecule has 0 saturated carbocycles. The molecule has 2 aliphatic heterocycles. The fourth-order valence-electron chi connectivity index (χ4n) is 4.25. The van der Waals surface area contributed by atoms with E-state index < -0.39 is 11.6 Å². The van der Waals surface area contributed by atoms with Gasteiger partial charge in [0, 0.05) is 58.2 Å². The third-order valence-corrected chi connectivity index (χ3v) is 5.83. The number of halogens is 2. The number of hydrogen-bond acceptors (Lipinski definition) is 4. The Hall–Kier alpha value is -2.71. The molecule has 1 unspecified atom stereocenters. The maximum atomic E-state index is 14.1. The van der Waals surface area contributed by atoms with Crippen LogP contribution in [0.3, 0.4) is 0 Å². The first-order valence-electron chi connectivity index (χ1n) is 10.7. The number of hydrogen-bond donors (Lipinski definition) is 2. The average Bonchev–Trinajstić information content (AvgIpc) is 3.27. The third kappa shape index (κ3) is 4.71. The number of guanidine groups is 1. The second-order valence-electron chi connectivity index (χ2n) is 7.92. The van der Waals surface area contributed by atoms with Crippen molar-refractivity contribution in [2.45, 2.75) is 51.1 Å². The minimum atomic E-state index is -0.556. The molecule has 30 heavy (non-hydrogen) atoms. The van der Waals surface area contributed by atoms with Gasteiger partial charge in [-0.05, 0) is 31.4 Å². The van der Waals surface area contributed by atoms with Crippen LogP contribution in [0.15, 0.2) is 23.2 Å². The van der Waals surface area contributed by atoms with Gasteiger partial charge in [0.1, 0.15) is 23.3 Å². The summed E-state index contributed by atoms with van der Waals surface area (Å²) in [6.45, 7) is 3.06. The van der Waals surface area contributed by atoms with Crippen molar-refractivity contribution < 1.29 is 8.78 Å². The molecule has 9 heteroatoms. The number of rotatable bonds is 5. The van der Waals surface area contributed by atoms with E-state index in [4.69, 9.17) is 0 Å². The van der Waals surface area contributed by atoms with Gasteiger partial charge in [-0.3, -0.25) is 4.99 Å². The van der Waals surface area contributed by atoms with Gasteiger partial charge >= 0.3 is 0 Å². The molecule has 0 spiro atoms. The van der Waals surface area contributed by atoms with E-state index in [-0.39, 0.29) is 6.04 Å². The molecule has 1 atom stereocenters. The Morgan fingerprint density at radius 3 is 2.93 bits per heavy atom. The van der Waals surface area contributed by atoms with Gasteiger partial charge in [0.15, 0.2) is 5.96 Å². The van der Waals surface area contributed by atoms with Gasteiger partial charge in [-0.25, -0.2) is 8.78 Å². The van der Waals surface area contributed by atoms with Crippen molar-refractivity contribution in [3.05, 3.63) is 41.5 Å². The SMILES string of the molecule is CN=C(NCCc1nnc2n1CCCCC2)NC1CCN(c2ccc(F)cc2F)C1. The Kier molecular flexibility index (Phi) is 6.44. The van der Waals surface area contributed by atoms with Crippen LogP contribution in [-0.4, -0.2) is 53.4 Å². The second kappa shape index (κ2) is 9.40. The number of benzene rings is 1. The Balaban J connectivity index is 1.27. The van der Waals surface area contributed by atoms with Crippen molar-refractivity contribution >= 4 is 11.6 Å². The van der Waals surface area contributed by atoms with Crippen molar-refractivity contribution in [3.8, 4) is 0 Å². The molecule has 0 bridgehead atoms. The van der Waals surface area contributed by atoms with Crippen molar-refractivity contribution in [2.75, 3.05) is 31.6 Å². The quantitative estimate of drug-likeness (QED) is 0.577. The summed E-state index contributed by atoms with van der Waals surface area (Å²) in [4.78, 5) is 6.24. The van der Waals surface area contributed by atoms with Gasteiger partial charge in [-0.2, -0.15) is 0 Å². The molecule has 4 rings (SSSR count). The largest absolute Gasteiger partial charge is 0.367 e. The minimum Gasteiger partial charge on any atom is -0.367 e. The molecule has 0 aliphatic carbocycles. The molecule has 2 aromatic rings. The number of nitrogens with one attached hydrogen (secondary N) is 2. The first-order chi connectivity index (χ1) is 14.6. The van der Waals surface area contributed by atoms with E-state index in [1.165, 1.54) is 31.4 Å². The molecule has 1 aromatic carbocycles. The summed E-state index contributed by atoms with van der Waals surface area (Å²) in [5.41, 5.74) is 0.441. The lowest BCUT2D eigenvalue weighted by atomic mass is 10.2. The Morgan fingerprint density at radius 2 is 2.10 bits per heavy atom. The van der Waals surface area contributed by atoms with Gasteiger partial charge in [0.05, 0.1) is 5.69 Å². The summed E-state index contributed by atoms with van der Waals surface area (Å²) in [6, 6.07) is 3.87. The third-order valence-electron chi connectivity index (χ3n) is 5.83. The van der Waals surface area contributed by atoms with E-state index in [9.17, 15) is 8.78 Å². The van der Waals surface area contributed by atoms with Crippen LogP contribution in [0.2, 0.25) is 0 Å². The fraction of sp³-hybridized carbons (Fsp3) is 0.571. The van der Waals surface area contributed by atoms with Crippen LogP contribution in [0.1, 0.15) is 37.3 Å². The molecule has 7 nitrogen and oxygen atoms in total. The molecule has 1 fully saturated rings. The van der Waals surface area contributed by atoms with Crippen molar-refractivity contribution in [2.24, 2.45) is 4.99 Å². The second-order valence-corrected chi connectivity index (χ2v) is 7.92. The lowest BCUT2D eigenvalue weighted by molar-refractivity contribution is 0.580. The van der Waals surface area contributed by atoms with Gasteiger partial charge in [-0.15, -0.1) is 10.2 Å². The highest BCUT2D eigenvalue weighted by molar-refractivity contribution is 5.80. The van der Waals surface area contributed by atoms with Gasteiger partial charge < -0.3 is 20.1 Å². The normalized spacial score (nSPS) is 19.5. The number of fused-ring (bicyclic) bond motifs is 1. The molecular weight excluding hydrogens is 388 g/mol. The predicted octanol–water partition coefficient (Wildman–Crippen LogP) is 2.27. The van der Waals surface area contributed by atoms with Crippen molar-refractivity contribution in [3.63, 3.8) is 0 Å². The minimum absolute atomic E-state index is 0.144. The van der Waals surface area contributed by atoms with E-state index in [1.807, 2.05) is 4.90 Å². The van der Waals surface area contributed by atoms with Crippen LogP contribution in [0.4, 0.5) is 14.5 Å². The summed E-state index contributed by atoms with van der Waals surface area (Å²) in [6.07, 6.45) is 6.27. The molecule has 1 aromatic heterocycles. The molecule has 0 amide bonds. The smallest absolute Gasteiger partial charge is 0.191 e. The summed E-state index contributed by atoms with van der Waals surface area (Å²) in [5.74, 6) is 1.76. The Bertz CT molecular complexity index is 895. The highest BCUT2D eigenvalue weighted by atomic mass is 19.1. The zero-order valence-corrected chi connectivity index (χ0v) is 17.4. The molecule has 1 saturated heterocycles. The summed E-state index contributed by atoms with van der Waals surface area (Å²) in [7, 11) is 1.74. The monoisotopic (exact) mass is 417 g/mol. The first kappa shape index (κ1) is 20.6. The molecule has 2 aliphatic rings. The van der Waals surface area contributed by atoms with Crippen molar-refractivity contribution in [1.82, 2.24) is 25.4 Å². The average molecular weight is 418 g/mol. The van der Waals surface area contributed by atoms with E-state index >= 15 is 0 Å². The van der Waals surface area contributed by atoms with Crippen LogP contribution in [0.5, 0.6) is 0 Å². The molecule has 0 radical (unpaired) electrons. The summed E-state index contributed by atoms with van der Waals surface area (Å²) < 4.78 is 29.5. The molecular formula is C21H29F2N7. The van der Waals surface area contributed by atoms with Crippen LogP contribution >= 0.6 is 0 Å². The lowest BCUT2D eigenvalue weighted by Crippen LogP contribution is -2.45. The molecule has 2 N–H and O–H groups in total. The number of nitrogens with zero attached hydrogens (tertiary/aromatic N) is 5. The summed E-state index contributed by atoms with van der Waals surface area (Å²) in [5, 5.41) is 15.5. The van der Waals surface area contributed by atoms with Gasteiger partial charge in [0.25, 0.3) is 0 Å². The standard InChI is InChI=1S/C21H29F2N7/c1-24-21(25-10-8-20-28-27-19-5-3-2-4-11-30(19)20)26-16-9-12-29(14-16)18-7-6-15(22)13-17(18)23/h6-7,13,16H,2-5,8-12,14H2,1H3,(H2,24,25,26). The topological polar surface area (TPSA) is 70.4 Å². The van der Waals surface area contributed by atoms with E-state index in [1.54, 1.807) is 7.05 Å². The maximum absolute atomic E-state index is 14.1. The van der Waals surface area contributed by atoms with Crippen LogP contribution in [0, 0.1) is 11.6 Å². The zero-order chi connectivity index (χ0) is 20.9. The number of aromatic nitrogens is 3. The number of aliphatic imine (C=N–C) groups is 1. The summed E-state index contributed by atoms with van der Waals surface area (Å²) >= 11 is 0. The van der Waals surface area contributed by atoms with Crippen LogP contribution < -0.4 is 15.5 Å². The van der Waals surface area contributed by atoms with Gasteiger partial charge in [-0.1, -0.05) is 6.42 Å². The highest BCUT2D eigenvalue weighted by Gasteiger charge is 2.25. The number of aryl methyl sites for hydroxylation is 1. The Morgan fingerprint density at radius 1 is 1.20 bits per heavy atom. The maximum Gasteiger partial charge on any atom is 0.191 e. The van der Waals surface area contributed by atoms with Crippen LogP contribution in [-0.2, 0) is 19.4 Å². The Labute approximate surface area is 175 Å². The highest BCUT2D eigenvalue weighted by Crippen LogP contribution is 2.24. The van der Waals surface area contributed by atoms with Crippen molar-refractivity contribution in [1.29, 1.82) is 0 Å². The van der Waals surface area contributed by atoms with E-state index in [0.717, 1.165) is 49.5 Å². The zero-order valence-electron chi connectivity index (χ0n) is 17.4. The van der Waals surface area contributed by atoms with E-state index in [0.29, 0.717) is 25.3 Å². The van der Waals surface area contributed by atoms with Gasteiger partial charge in [0.2, 0.25) is 0 Å². The fourth-order valence-corrected chi connectivity index (χ4v) is 4.25. The van der Waals surface area contributed by atoms with E-state index in [2.05, 4.69) is 30.4 Å². The lowest BCUT2D eigenvalue weighted by Gasteiger charge is -2.21. The number of anilines is 1.